The Hall–Kier alpha value is -4.34. The van der Waals surface area contributed by atoms with E-state index in [4.69, 9.17) is 0 Å². The summed E-state index contributed by atoms with van der Waals surface area (Å²) in [6, 6.07) is 15.9. The normalized spacial score (nSPS) is 15.6. The number of hydrogen-bond donors (Lipinski definition) is 1. The topological polar surface area (TPSA) is 112 Å². The zero-order chi connectivity index (χ0) is 22.8. The first kappa shape index (κ1) is 20.6. The minimum atomic E-state index is -0.419. The number of nitrogens with zero attached hydrogens (tertiary/aromatic N) is 6. The molecule has 1 fully saturated rings. The molecule has 1 N–H and O–H groups in total. The van der Waals surface area contributed by atoms with Gasteiger partial charge in [0, 0.05) is 32.4 Å². The highest BCUT2D eigenvalue weighted by Gasteiger charge is 2.37. The van der Waals surface area contributed by atoms with Crippen LogP contribution in [0.25, 0.3) is 0 Å². The maximum atomic E-state index is 12.8. The first-order chi connectivity index (χ1) is 16.1. The largest absolute Gasteiger partial charge is 0.352 e. The zero-order valence-electron chi connectivity index (χ0n) is 17.7. The Morgan fingerprint density at radius 1 is 0.818 bits per heavy atom. The molecule has 0 aliphatic carbocycles. The van der Waals surface area contributed by atoms with E-state index in [2.05, 4.69) is 20.5 Å². The highest BCUT2D eigenvalue weighted by Crippen LogP contribution is 2.23. The second-order valence-electron chi connectivity index (χ2n) is 7.73. The number of imide groups is 1. The Balaban J connectivity index is 1.15. The van der Waals surface area contributed by atoms with Gasteiger partial charge in [0.1, 0.15) is 12.4 Å². The van der Waals surface area contributed by atoms with Crippen LogP contribution in [0.2, 0.25) is 0 Å². The molecule has 2 aliphatic heterocycles. The number of carbonyl (C=O) groups excluding carboxylic acids is 3. The van der Waals surface area contributed by atoms with Gasteiger partial charge in [0.25, 0.3) is 11.8 Å². The fourth-order valence-electron chi connectivity index (χ4n) is 3.93. The summed E-state index contributed by atoms with van der Waals surface area (Å²) in [4.78, 5) is 46.7. The summed E-state index contributed by atoms with van der Waals surface area (Å²) in [7, 11) is 0. The van der Waals surface area contributed by atoms with Crippen molar-refractivity contribution in [2.75, 3.05) is 42.9 Å². The van der Waals surface area contributed by atoms with Gasteiger partial charge in [0.2, 0.25) is 5.91 Å². The number of pyridine rings is 1. The van der Waals surface area contributed by atoms with Gasteiger partial charge in [-0.05, 0) is 36.4 Å². The Kier molecular flexibility index (Phi) is 5.39. The van der Waals surface area contributed by atoms with Gasteiger partial charge in [-0.3, -0.25) is 19.3 Å². The van der Waals surface area contributed by atoms with E-state index in [-0.39, 0.29) is 12.5 Å². The number of piperazine rings is 1. The van der Waals surface area contributed by atoms with Crippen molar-refractivity contribution in [3.8, 4) is 0 Å². The summed E-state index contributed by atoms with van der Waals surface area (Å²) in [5.74, 6) is 0.908. The molecule has 2 aromatic heterocycles. The summed E-state index contributed by atoms with van der Waals surface area (Å²) in [6.45, 7) is 1.85. The van der Waals surface area contributed by atoms with Crippen molar-refractivity contribution in [2.45, 2.75) is 0 Å². The summed E-state index contributed by atoms with van der Waals surface area (Å²) < 4.78 is 0. The number of hydrogen-bond acceptors (Lipinski definition) is 8. The van der Waals surface area contributed by atoms with Crippen molar-refractivity contribution in [3.05, 3.63) is 71.9 Å². The molecule has 3 aromatic rings. The van der Waals surface area contributed by atoms with Gasteiger partial charge < -0.3 is 15.1 Å². The van der Waals surface area contributed by atoms with E-state index in [1.54, 1.807) is 35.4 Å². The highest BCUT2D eigenvalue weighted by molar-refractivity contribution is 6.22. The number of anilines is 3. The van der Waals surface area contributed by atoms with Crippen LogP contribution < -0.4 is 10.2 Å². The van der Waals surface area contributed by atoms with Crippen LogP contribution in [0.5, 0.6) is 0 Å². The molecule has 2 aliphatic rings. The molecule has 0 bridgehead atoms. The predicted molar refractivity (Wildman–Crippen MR) is 120 cm³/mol. The molecule has 3 amide bonds. The standard InChI is InChI=1S/C23H21N7O3/c31-21(15-30-22(32)16-5-1-2-6-17(16)23(30)33)29-13-11-28(12-14-29)20-9-8-19(26-27-20)25-18-7-3-4-10-24-18/h1-10H,11-15H2,(H,24,25,26). The molecular formula is C23H21N7O3. The van der Waals surface area contributed by atoms with Gasteiger partial charge in [0.15, 0.2) is 11.6 Å². The lowest BCUT2D eigenvalue weighted by atomic mass is 10.1. The van der Waals surface area contributed by atoms with Crippen molar-refractivity contribution in [1.82, 2.24) is 25.0 Å². The SMILES string of the molecule is O=C(CN1C(=O)c2ccccc2C1=O)N1CCN(c2ccc(Nc3ccccn3)nn2)CC1. The average Bonchev–Trinajstić information content (AvgIpc) is 3.10. The monoisotopic (exact) mass is 443 g/mol. The van der Waals surface area contributed by atoms with Crippen molar-refractivity contribution in [2.24, 2.45) is 0 Å². The fraction of sp³-hybridized carbons (Fsp3) is 0.217. The number of benzene rings is 1. The van der Waals surface area contributed by atoms with E-state index in [0.29, 0.717) is 54.8 Å². The number of nitrogens with one attached hydrogen (secondary N) is 1. The van der Waals surface area contributed by atoms with Crippen LogP contribution in [0.1, 0.15) is 20.7 Å². The molecule has 166 valence electrons. The maximum Gasteiger partial charge on any atom is 0.262 e. The van der Waals surface area contributed by atoms with Gasteiger partial charge in [-0.15, -0.1) is 10.2 Å². The van der Waals surface area contributed by atoms with Crippen molar-refractivity contribution in [3.63, 3.8) is 0 Å². The Bertz CT molecular complexity index is 1160. The molecule has 4 heterocycles. The van der Waals surface area contributed by atoms with Crippen LogP contribution in [-0.4, -0.2) is 75.4 Å². The number of carbonyl (C=O) groups is 3. The molecular weight excluding hydrogens is 422 g/mol. The quantitative estimate of drug-likeness (QED) is 0.592. The summed E-state index contributed by atoms with van der Waals surface area (Å²) in [5, 5.41) is 11.6. The van der Waals surface area contributed by atoms with E-state index in [0.717, 1.165) is 4.90 Å². The molecule has 0 radical (unpaired) electrons. The highest BCUT2D eigenvalue weighted by atomic mass is 16.2. The first-order valence-corrected chi connectivity index (χ1v) is 10.6. The van der Waals surface area contributed by atoms with E-state index >= 15 is 0 Å². The Morgan fingerprint density at radius 3 is 2.12 bits per heavy atom. The van der Waals surface area contributed by atoms with Crippen LogP contribution in [0.3, 0.4) is 0 Å². The lowest BCUT2D eigenvalue weighted by molar-refractivity contribution is -0.131. The molecule has 0 spiro atoms. The van der Waals surface area contributed by atoms with E-state index in [1.807, 2.05) is 35.2 Å². The number of amides is 3. The third-order valence-corrected chi connectivity index (χ3v) is 5.70. The van der Waals surface area contributed by atoms with Crippen LogP contribution in [-0.2, 0) is 4.79 Å². The molecule has 10 heteroatoms. The van der Waals surface area contributed by atoms with Gasteiger partial charge in [0.05, 0.1) is 11.1 Å². The van der Waals surface area contributed by atoms with Gasteiger partial charge in [-0.1, -0.05) is 18.2 Å². The first-order valence-electron chi connectivity index (χ1n) is 10.6. The third kappa shape index (κ3) is 4.10. The minimum absolute atomic E-state index is 0.245. The smallest absolute Gasteiger partial charge is 0.262 e. The molecule has 0 atom stereocenters. The van der Waals surface area contributed by atoms with Crippen LogP contribution in [0, 0.1) is 0 Å². The summed E-state index contributed by atoms with van der Waals surface area (Å²) in [5.41, 5.74) is 0.694. The zero-order valence-corrected chi connectivity index (χ0v) is 17.7. The van der Waals surface area contributed by atoms with Crippen molar-refractivity contribution >= 4 is 35.2 Å². The lowest BCUT2D eigenvalue weighted by Gasteiger charge is -2.35. The Morgan fingerprint density at radius 2 is 1.52 bits per heavy atom. The Labute approximate surface area is 189 Å². The van der Waals surface area contributed by atoms with Crippen LogP contribution >= 0.6 is 0 Å². The second kappa shape index (κ2) is 8.65. The van der Waals surface area contributed by atoms with E-state index in [1.165, 1.54) is 0 Å². The third-order valence-electron chi connectivity index (χ3n) is 5.70. The van der Waals surface area contributed by atoms with Crippen LogP contribution in [0.4, 0.5) is 17.5 Å². The minimum Gasteiger partial charge on any atom is -0.352 e. The average molecular weight is 443 g/mol. The molecule has 1 saturated heterocycles. The summed E-state index contributed by atoms with van der Waals surface area (Å²) in [6.07, 6.45) is 1.69. The molecule has 0 saturated carbocycles. The van der Waals surface area contributed by atoms with Crippen molar-refractivity contribution < 1.29 is 14.4 Å². The maximum absolute atomic E-state index is 12.8. The summed E-state index contributed by atoms with van der Waals surface area (Å²) >= 11 is 0. The fourth-order valence-corrected chi connectivity index (χ4v) is 3.93. The lowest BCUT2D eigenvalue weighted by Crippen LogP contribution is -2.52. The van der Waals surface area contributed by atoms with Gasteiger partial charge in [-0.25, -0.2) is 4.98 Å². The predicted octanol–water partition coefficient (Wildman–Crippen LogP) is 1.56. The van der Waals surface area contributed by atoms with E-state index in [9.17, 15) is 14.4 Å². The molecule has 33 heavy (non-hydrogen) atoms. The number of fused-ring (bicyclic) bond motifs is 1. The molecule has 10 nitrogen and oxygen atoms in total. The number of aromatic nitrogens is 3. The van der Waals surface area contributed by atoms with E-state index < -0.39 is 11.8 Å². The van der Waals surface area contributed by atoms with Gasteiger partial charge in [-0.2, -0.15) is 0 Å². The van der Waals surface area contributed by atoms with Crippen molar-refractivity contribution in [1.29, 1.82) is 0 Å². The molecule has 0 unspecified atom stereocenters. The second-order valence-corrected chi connectivity index (χ2v) is 7.73. The molecule has 5 rings (SSSR count). The number of rotatable bonds is 5. The van der Waals surface area contributed by atoms with Crippen LogP contribution in [0.15, 0.2) is 60.8 Å². The van der Waals surface area contributed by atoms with Gasteiger partial charge >= 0.3 is 0 Å². The molecule has 1 aromatic carbocycles.